The van der Waals surface area contributed by atoms with Crippen LogP contribution >= 0.6 is 0 Å². The topological polar surface area (TPSA) is 52.6 Å². The average Bonchev–Trinajstić information content (AvgIpc) is 2.44. The van der Waals surface area contributed by atoms with Crippen molar-refractivity contribution in [2.45, 2.75) is 32.6 Å². The van der Waals surface area contributed by atoms with Gasteiger partial charge in [-0.3, -0.25) is 0 Å². The number of aryl methyl sites for hydroxylation is 3. The van der Waals surface area contributed by atoms with Gasteiger partial charge >= 0.3 is 10.1 Å². The molecule has 0 aliphatic heterocycles. The van der Waals surface area contributed by atoms with Gasteiger partial charge in [-0.15, -0.1) is 0 Å². The van der Waals surface area contributed by atoms with Crippen LogP contribution in [0, 0.1) is 20.8 Å². The van der Waals surface area contributed by atoms with Crippen LogP contribution in [0.2, 0.25) is 0 Å². The Morgan fingerprint density at radius 1 is 0.909 bits per heavy atom. The van der Waals surface area contributed by atoms with Crippen molar-refractivity contribution in [2.75, 3.05) is 6.61 Å². The van der Waals surface area contributed by atoms with Gasteiger partial charge in [-0.05, 0) is 57.0 Å². The lowest BCUT2D eigenvalue weighted by Gasteiger charge is -2.13. The molecule has 5 heteroatoms. The molecule has 0 aliphatic rings. The number of ether oxygens (including phenoxy) is 1. The molecule has 0 saturated carbocycles. The molecule has 0 heterocycles. The standard InChI is InChI=1S/C17H20O4S/c1-5-20-16-9-7-13(3)11-17(16)22(18,19)21-15-8-6-12(2)10-14(15)4/h6-11H,5H2,1-4H3. The Kier molecular flexibility index (Phi) is 4.76. The van der Waals surface area contributed by atoms with Crippen LogP contribution in [0.4, 0.5) is 0 Å². The number of rotatable bonds is 5. The number of benzene rings is 2. The lowest BCUT2D eigenvalue weighted by atomic mass is 10.1. The van der Waals surface area contributed by atoms with E-state index in [1.807, 2.05) is 32.9 Å². The molecule has 0 unspecified atom stereocenters. The monoisotopic (exact) mass is 320 g/mol. The average molecular weight is 320 g/mol. The van der Waals surface area contributed by atoms with Crippen molar-refractivity contribution in [1.82, 2.24) is 0 Å². The lowest BCUT2D eigenvalue weighted by molar-refractivity contribution is 0.329. The van der Waals surface area contributed by atoms with E-state index in [9.17, 15) is 8.42 Å². The summed E-state index contributed by atoms with van der Waals surface area (Å²) in [4.78, 5) is 0.0503. The molecular formula is C17H20O4S. The Hall–Kier alpha value is -2.01. The fourth-order valence-corrected chi connectivity index (χ4v) is 3.36. The highest BCUT2D eigenvalue weighted by Crippen LogP contribution is 2.29. The summed E-state index contributed by atoms with van der Waals surface area (Å²) in [7, 11) is -3.95. The quantitative estimate of drug-likeness (QED) is 0.787. The Morgan fingerprint density at radius 2 is 1.50 bits per heavy atom. The second-order valence-corrected chi connectivity index (χ2v) is 6.70. The van der Waals surface area contributed by atoms with E-state index in [4.69, 9.17) is 8.92 Å². The van der Waals surface area contributed by atoms with E-state index >= 15 is 0 Å². The van der Waals surface area contributed by atoms with Crippen LogP contribution in [0.5, 0.6) is 11.5 Å². The Morgan fingerprint density at radius 3 is 2.09 bits per heavy atom. The summed E-state index contributed by atoms with van der Waals surface area (Å²) in [6.45, 7) is 7.78. The zero-order valence-corrected chi connectivity index (χ0v) is 14.0. The normalized spacial score (nSPS) is 11.3. The summed E-state index contributed by atoms with van der Waals surface area (Å²) < 4.78 is 35.9. The first-order valence-electron chi connectivity index (χ1n) is 7.08. The molecule has 0 bridgehead atoms. The highest BCUT2D eigenvalue weighted by Gasteiger charge is 2.23. The fourth-order valence-electron chi connectivity index (χ4n) is 2.14. The van der Waals surface area contributed by atoms with Crippen LogP contribution < -0.4 is 8.92 Å². The Balaban J connectivity index is 2.44. The van der Waals surface area contributed by atoms with Crippen molar-refractivity contribution in [3.05, 3.63) is 53.1 Å². The molecule has 0 radical (unpaired) electrons. The van der Waals surface area contributed by atoms with Gasteiger partial charge in [-0.25, -0.2) is 0 Å². The maximum absolute atomic E-state index is 12.6. The van der Waals surface area contributed by atoms with Gasteiger partial charge in [0.1, 0.15) is 16.4 Å². The SMILES string of the molecule is CCOc1ccc(C)cc1S(=O)(=O)Oc1ccc(C)cc1C. The van der Waals surface area contributed by atoms with Gasteiger partial charge in [-0.2, -0.15) is 8.42 Å². The van der Waals surface area contributed by atoms with Crippen LogP contribution in [0.1, 0.15) is 23.6 Å². The molecule has 0 aliphatic carbocycles. The molecule has 2 aromatic rings. The molecule has 0 fully saturated rings. The minimum atomic E-state index is -3.95. The summed E-state index contributed by atoms with van der Waals surface area (Å²) in [6.07, 6.45) is 0. The van der Waals surface area contributed by atoms with E-state index in [1.54, 1.807) is 31.2 Å². The first kappa shape index (κ1) is 16.4. The maximum Gasteiger partial charge on any atom is 0.342 e. The second-order valence-electron chi connectivity index (χ2n) is 5.19. The zero-order valence-electron chi connectivity index (χ0n) is 13.2. The summed E-state index contributed by atoms with van der Waals surface area (Å²) >= 11 is 0. The molecule has 0 atom stereocenters. The van der Waals surface area contributed by atoms with E-state index in [0.29, 0.717) is 18.1 Å². The molecule has 2 rings (SSSR count). The highest BCUT2D eigenvalue weighted by atomic mass is 32.2. The maximum atomic E-state index is 12.6. The minimum absolute atomic E-state index is 0.0503. The van der Waals surface area contributed by atoms with E-state index < -0.39 is 10.1 Å². The number of hydrogen-bond donors (Lipinski definition) is 0. The van der Waals surface area contributed by atoms with Gasteiger partial charge < -0.3 is 8.92 Å². The molecule has 0 amide bonds. The third kappa shape index (κ3) is 3.60. The van der Waals surface area contributed by atoms with Gasteiger partial charge in [0.25, 0.3) is 0 Å². The molecule has 0 spiro atoms. The Bertz CT molecular complexity index is 779. The van der Waals surface area contributed by atoms with Crippen LogP contribution in [-0.4, -0.2) is 15.0 Å². The fraction of sp³-hybridized carbons (Fsp3) is 0.294. The molecule has 118 valence electrons. The lowest BCUT2D eigenvalue weighted by Crippen LogP contribution is -2.12. The van der Waals surface area contributed by atoms with E-state index in [2.05, 4.69) is 0 Å². The molecule has 22 heavy (non-hydrogen) atoms. The van der Waals surface area contributed by atoms with Crippen molar-refractivity contribution in [3.8, 4) is 11.5 Å². The second kappa shape index (κ2) is 6.40. The van der Waals surface area contributed by atoms with Crippen molar-refractivity contribution in [2.24, 2.45) is 0 Å². The third-order valence-electron chi connectivity index (χ3n) is 3.20. The smallest absolute Gasteiger partial charge is 0.342 e. The van der Waals surface area contributed by atoms with Gasteiger partial charge in [0.2, 0.25) is 0 Å². The van der Waals surface area contributed by atoms with Crippen molar-refractivity contribution in [3.63, 3.8) is 0 Å². The van der Waals surface area contributed by atoms with Gasteiger partial charge in [-0.1, -0.05) is 23.8 Å². The van der Waals surface area contributed by atoms with Crippen LogP contribution in [-0.2, 0) is 10.1 Å². The first-order chi connectivity index (χ1) is 10.3. The van der Waals surface area contributed by atoms with Gasteiger partial charge in [0.15, 0.2) is 0 Å². The molecule has 4 nitrogen and oxygen atoms in total. The minimum Gasteiger partial charge on any atom is -0.492 e. The van der Waals surface area contributed by atoms with Crippen LogP contribution in [0.15, 0.2) is 41.3 Å². The van der Waals surface area contributed by atoms with Crippen molar-refractivity contribution >= 4 is 10.1 Å². The first-order valence-corrected chi connectivity index (χ1v) is 8.49. The largest absolute Gasteiger partial charge is 0.492 e. The Labute approximate surface area is 131 Å². The molecule has 0 aromatic heterocycles. The highest BCUT2D eigenvalue weighted by molar-refractivity contribution is 7.87. The molecule has 0 saturated heterocycles. The van der Waals surface area contributed by atoms with E-state index in [0.717, 1.165) is 16.7 Å². The van der Waals surface area contributed by atoms with Crippen molar-refractivity contribution in [1.29, 1.82) is 0 Å². The predicted octanol–water partition coefficient (Wildman–Crippen LogP) is 3.78. The number of hydrogen-bond acceptors (Lipinski definition) is 4. The van der Waals surface area contributed by atoms with Crippen molar-refractivity contribution < 1.29 is 17.3 Å². The summed E-state index contributed by atoms with van der Waals surface area (Å²) in [5, 5.41) is 0. The zero-order chi connectivity index (χ0) is 16.3. The van der Waals surface area contributed by atoms with Crippen LogP contribution in [0.3, 0.4) is 0 Å². The third-order valence-corrected chi connectivity index (χ3v) is 4.46. The summed E-state index contributed by atoms with van der Waals surface area (Å²) in [6, 6.07) is 10.4. The molecular weight excluding hydrogens is 300 g/mol. The predicted molar refractivity (Wildman–Crippen MR) is 86.1 cm³/mol. The molecule has 0 N–H and O–H groups in total. The molecule has 2 aromatic carbocycles. The van der Waals surface area contributed by atoms with Crippen LogP contribution in [0.25, 0.3) is 0 Å². The van der Waals surface area contributed by atoms with Gasteiger partial charge in [0, 0.05) is 0 Å². The summed E-state index contributed by atoms with van der Waals surface area (Å²) in [5.41, 5.74) is 2.65. The van der Waals surface area contributed by atoms with E-state index in [1.165, 1.54) is 0 Å². The van der Waals surface area contributed by atoms with Gasteiger partial charge in [0.05, 0.1) is 6.61 Å². The van der Waals surface area contributed by atoms with E-state index in [-0.39, 0.29) is 4.90 Å². The summed E-state index contributed by atoms with van der Waals surface area (Å²) in [5.74, 6) is 0.632.